The standard InChI is InChI=1S/C20H16N4O2/c1-24-10-8-14(20(24)26)6-5-13-3-2-4-15(11-13)18-22-12-16-7-9-21-19(25)17(16)23-18/h2-4,7,9,11-12,14H,8,10H2,1H3,(H,21,25)/t14-/m1/s1. The Morgan fingerprint density at radius 1 is 1.27 bits per heavy atom. The van der Waals surface area contributed by atoms with Crippen LogP contribution in [0.1, 0.15) is 12.0 Å². The average molecular weight is 344 g/mol. The molecule has 3 aromatic rings. The quantitative estimate of drug-likeness (QED) is 0.683. The molecule has 4 rings (SSSR count). The van der Waals surface area contributed by atoms with Crippen LogP contribution < -0.4 is 5.56 Å². The summed E-state index contributed by atoms with van der Waals surface area (Å²) in [6, 6.07) is 9.25. The third kappa shape index (κ3) is 2.95. The Labute approximate surface area is 149 Å². The Kier molecular flexibility index (Phi) is 3.98. The highest BCUT2D eigenvalue weighted by Crippen LogP contribution is 2.19. The Bertz CT molecular complexity index is 1120. The molecule has 1 atom stereocenters. The molecule has 1 fully saturated rings. The van der Waals surface area contributed by atoms with Gasteiger partial charge in [-0.05, 0) is 24.6 Å². The number of fused-ring (bicyclic) bond motifs is 1. The molecule has 0 unspecified atom stereocenters. The molecule has 2 aromatic heterocycles. The van der Waals surface area contributed by atoms with Gasteiger partial charge in [0.2, 0.25) is 5.91 Å². The van der Waals surface area contributed by atoms with Gasteiger partial charge in [-0.1, -0.05) is 24.0 Å². The van der Waals surface area contributed by atoms with Crippen molar-refractivity contribution in [2.75, 3.05) is 13.6 Å². The SMILES string of the molecule is CN1CC[C@@H](C#Cc2cccc(-c3ncc4cc[nH]c(=O)c4n3)c2)C1=O. The predicted molar refractivity (Wildman–Crippen MR) is 98.2 cm³/mol. The molecule has 1 saturated heterocycles. The van der Waals surface area contributed by atoms with Gasteiger partial charge in [0.25, 0.3) is 5.56 Å². The summed E-state index contributed by atoms with van der Waals surface area (Å²) in [6.45, 7) is 0.748. The number of nitrogens with zero attached hydrogens (tertiary/aromatic N) is 3. The molecule has 6 nitrogen and oxygen atoms in total. The molecule has 128 valence electrons. The third-order valence-corrected chi connectivity index (χ3v) is 4.45. The fraction of sp³-hybridized carbons (Fsp3) is 0.200. The fourth-order valence-electron chi connectivity index (χ4n) is 2.97. The van der Waals surface area contributed by atoms with Gasteiger partial charge in [-0.25, -0.2) is 9.97 Å². The van der Waals surface area contributed by atoms with Gasteiger partial charge in [0.15, 0.2) is 5.82 Å². The first-order valence-electron chi connectivity index (χ1n) is 8.33. The molecule has 1 N–H and O–H groups in total. The van der Waals surface area contributed by atoms with Gasteiger partial charge in [0.05, 0.1) is 0 Å². The Morgan fingerprint density at radius 3 is 2.96 bits per heavy atom. The maximum atomic E-state index is 11.9. The first-order valence-corrected chi connectivity index (χ1v) is 8.33. The zero-order valence-electron chi connectivity index (χ0n) is 14.2. The number of hydrogen-bond acceptors (Lipinski definition) is 4. The van der Waals surface area contributed by atoms with E-state index in [1.165, 1.54) is 0 Å². The third-order valence-electron chi connectivity index (χ3n) is 4.45. The number of carbonyl (C=O) groups is 1. The first-order chi connectivity index (χ1) is 12.6. The van der Waals surface area contributed by atoms with Gasteiger partial charge in [-0.2, -0.15) is 0 Å². The lowest BCUT2D eigenvalue weighted by atomic mass is 10.1. The smallest absolute Gasteiger partial charge is 0.274 e. The van der Waals surface area contributed by atoms with E-state index in [1.807, 2.05) is 24.3 Å². The molecule has 1 aliphatic rings. The number of carbonyl (C=O) groups excluding carboxylic acids is 1. The highest BCUT2D eigenvalue weighted by Gasteiger charge is 2.27. The van der Waals surface area contributed by atoms with Crippen LogP contribution in [0.15, 0.2) is 47.5 Å². The molecule has 1 amide bonds. The zero-order chi connectivity index (χ0) is 18.1. The van der Waals surface area contributed by atoms with E-state index in [2.05, 4.69) is 26.8 Å². The van der Waals surface area contributed by atoms with Crippen molar-refractivity contribution in [2.45, 2.75) is 6.42 Å². The lowest BCUT2D eigenvalue weighted by molar-refractivity contribution is -0.128. The topological polar surface area (TPSA) is 79.0 Å². The molecule has 0 saturated carbocycles. The van der Waals surface area contributed by atoms with Gasteiger partial charge in [0, 0.05) is 42.5 Å². The maximum absolute atomic E-state index is 11.9. The highest BCUT2D eigenvalue weighted by molar-refractivity contribution is 5.83. The first kappa shape index (κ1) is 16.0. The number of aromatic nitrogens is 3. The molecule has 3 heterocycles. The van der Waals surface area contributed by atoms with E-state index in [0.29, 0.717) is 16.7 Å². The average Bonchev–Trinajstić information content (AvgIpc) is 2.99. The van der Waals surface area contributed by atoms with E-state index in [0.717, 1.165) is 24.1 Å². The van der Waals surface area contributed by atoms with E-state index >= 15 is 0 Å². The number of likely N-dealkylation sites (tertiary alicyclic amines) is 1. The highest BCUT2D eigenvalue weighted by atomic mass is 16.2. The summed E-state index contributed by atoms with van der Waals surface area (Å²) >= 11 is 0. The number of rotatable bonds is 1. The number of benzene rings is 1. The van der Waals surface area contributed by atoms with Crippen molar-refractivity contribution < 1.29 is 4.79 Å². The molecule has 0 spiro atoms. The second kappa shape index (κ2) is 6.45. The van der Waals surface area contributed by atoms with Crippen LogP contribution in [0.25, 0.3) is 22.3 Å². The minimum Gasteiger partial charge on any atom is -0.345 e. The Morgan fingerprint density at radius 2 is 2.15 bits per heavy atom. The zero-order valence-corrected chi connectivity index (χ0v) is 14.2. The molecular weight excluding hydrogens is 328 g/mol. The second-order valence-corrected chi connectivity index (χ2v) is 6.26. The van der Waals surface area contributed by atoms with E-state index in [4.69, 9.17) is 0 Å². The van der Waals surface area contributed by atoms with Crippen molar-refractivity contribution in [1.29, 1.82) is 0 Å². The lowest BCUT2D eigenvalue weighted by Crippen LogP contribution is -2.21. The number of aromatic amines is 1. The Balaban J connectivity index is 1.67. The minimum absolute atomic E-state index is 0.0748. The van der Waals surface area contributed by atoms with E-state index in [-0.39, 0.29) is 17.4 Å². The van der Waals surface area contributed by atoms with Crippen LogP contribution in [-0.2, 0) is 4.79 Å². The number of amides is 1. The van der Waals surface area contributed by atoms with Crippen LogP contribution >= 0.6 is 0 Å². The van der Waals surface area contributed by atoms with Gasteiger partial charge in [-0.15, -0.1) is 0 Å². The van der Waals surface area contributed by atoms with Crippen LogP contribution in [0.4, 0.5) is 0 Å². The normalized spacial score (nSPS) is 16.6. The van der Waals surface area contributed by atoms with Gasteiger partial charge >= 0.3 is 0 Å². The lowest BCUT2D eigenvalue weighted by Gasteiger charge is -2.05. The fourth-order valence-corrected chi connectivity index (χ4v) is 2.97. The summed E-state index contributed by atoms with van der Waals surface area (Å²) in [5.74, 6) is 6.44. The van der Waals surface area contributed by atoms with Crippen molar-refractivity contribution in [3.63, 3.8) is 0 Å². The van der Waals surface area contributed by atoms with Crippen molar-refractivity contribution in [1.82, 2.24) is 19.9 Å². The van der Waals surface area contributed by atoms with E-state index in [9.17, 15) is 9.59 Å². The maximum Gasteiger partial charge on any atom is 0.274 e. The summed E-state index contributed by atoms with van der Waals surface area (Å²) in [5, 5.41) is 0.692. The van der Waals surface area contributed by atoms with Crippen molar-refractivity contribution in [3.05, 3.63) is 58.6 Å². The molecule has 1 aromatic carbocycles. The molecule has 26 heavy (non-hydrogen) atoms. The monoisotopic (exact) mass is 344 g/mol. The van der Waals surface area contributed by atoms with Crippen LogP contribution in [0.2, 0.25) is 0 Å². The summed E-state index contributed by atoms with van der Waals surface area (Å²) < 4.78 is 0. The van der Waals surface area contributed by atoms with Gasteiger partial charge in [-0.3, -0.25) is 9.59 Å². The second-order valence-electron chi connectivity index (χ2n) is 6.26. The van der Waals surface area contributed by atoms with Crippen molar-refractivity contribution in [2.24, 2.45) is 5.92 Å². The molecule has 6 heteroatoms. The summed E-state index contributed by atoms with van der Waals surface area (Å²) in [5.41, 5.74) is 1.67. The molecular formula is C20H16N4O2. The molecule has 0 radical (unpaired) electrons. The number of hydrogen-bond donors (Lipinski definition) is 1. The molecule has 0 bridgehead atoms. The largest absolute Gasteiger partial charge is 0.345 e. The number of nitrogens with one attached hydrogen (secondary N) is 1. The van der Waals surface area contributed by atoms with Crippen molar-refractivity contribution in [3.8, 4) is 23.2 Å². The number of H-pyrrole nitrogens is 1. The summed E-state index contributed by atoms with van der Waals surface area (Å²) in [4.78, 5) is 36.9. The van der Waals surface area contributed by atoms with Crippen LogP contribution in [0.3, 0.4) is 0 Å². The van der Waals surface area contributed by atoms with E-state index < -0.39 is 0 Å². The minimum atomic E-state index is -0.244. The van der Waals surface area contributed by atoms with Gasteiger partial charge < -0.3 is 9.88 Å². The Hall–Kier alpha value is -3.46. The van der Waals surface area contributed by atoms with Crippen LogP contribution in [0.5, 0.6) is 0 Å². The van der Waals surface area contributed by atoms with Crippen LogP contribution in [0, 0.1) is 17.8 Å². The van der Waals surface area contributed by atoms with Crippen LogP contribution in [-0.4, -0.2) is 39.4 Å². The summed E-state index contributed by atoms with van der Waals surface area (Å²) in [7, 11) is 1.80. The van der Waals surface area contributed by atoms with Crippen molar-refractivity contribution >= 4 is 16.8 Å². The number of pyridine rings is 1. The molecule has 1 aliphatic heterocycles. The van der Waals surface area contributed by atoms with Gasteiger partial charge in [0.1, 0.15) is 11.4 Å². The predicted octanol–water partition coefficient (Wildman–Crippen LogP) is 1.81. The summed E-state index contributed by atoms with van der Waals surface area (Å²) in [6.07, 6.45) is 3.97. The molecule has 0 aliphatic carbocycles. The van der Waals surface area contributed by atoms with E-state index in [1.54, 1.807) is 30.4 Å².